The molecule has 1 saturated heterocycles. The molecule has 1 atom stereocenters. The summed E-state index contributed by atoms with van der Waals surface area (Å²) < 4.78 is 0.761. The second-order valence-corrected chi connectivity index (χ2v) is 7.19. The number of hydrogen-bond donors (Lipinski definition) is 2. The number of amides is 3. The molecule has 0 bridgehead atoms. The first-order valence-electron chi connectivity index (χ1n) is 7.86. The van der Waals surface area contributed by atoms with Crippen LogP contribution in [0.4, 0.5) is 5.69 Å². The van der Waals surface area contributed by atoms with Gasteiger partial charge in [0.1, 0.15) is 0 Å². The minimum atomic E-state index is -0.541. The average Bonchev–Trinajstić information content (AvgIpc) is 3.02. The summed E-state index contributed by atoms with van der Waals surface area (Å²) in [5.74, 6) is -1.52. The first kappa shape index (κ1) is 18.4. The molecule has 0 aliphatic carbocycles. The van der Waals surface area contributed by atoms with Gasteiger partial charge in [0.2, 0.25) is 11.8 Å². The van der Waals surface area contributed by atoms with E-state index in [1.165, 1.54) is 4.90 Å². The fraction of sp³-hybridized carbons (Fsp3) is 0.167. The maximum Gasteiger partial charge on any atom is 0.269 e. The second-order valence-electron chi connectivity index (χ2n) is 5.84. The van der Waals surface area contributed by atoms with Gasteiger partial charge in [-0.15, -0.1) is 0 Å². The Kier molecular flexibility index (Phi) is 5.58. The summed E-state index contributed by atoms with van der Waals surface area (Å²) in [7, 11) is 0. The van der Waals surface area contributed by atoms with Gasteiger partial charge in [0.15, 0.2) is 0 Å². The number of benzene rings is 2. The lowest BCUT2D eigenvalue weighted by Crippen LogP contribution is -2.45. The van der Waals surface area contributed by atoms with Crippen LogP contribution >= 0.6 is 27.5 Å². The molecule has 6 nitrogen and oxygen atoms in total. The SMILES string of the molecule is O=C(NNC(=O)[C@@H]1CC(=O)N(c2ccc(Cl)cc2)C1)c1cccc(Br)c1. The number of rotatable bonds is 3. The lowest BCUT2D eigenvalue weighted by molar-refractivity contribution is -0.126. The number of anilines is 1. The van der Waals surface area contributed by atoms with Crippen LogP contribution in [0.1, 0.15) is 16.8 Å². The van der Waals surface area contributed by atoms with Crippen molar-refractivity contribution in [1.29, 1.82) is 0 Å². The highest BCUT2D eigenvalue weighted by atomic mass is 79.9. The van der Waals surface area contributed by atoms with Gasteiger partial charge in [-0.25, -0.2) is 0 Å². The molecule has 1 aliphatic heterocycles. The van der Waals surface area contributed by atoms with Gasteiger partial charge in [-0.05, 0) is 42.5 Å². The smallest absolute Gasteiger partial charge is 0.269 e. The molecule has 2 N–H and O–H groups in total. The Morgan fingerprint density at radius 2 is 1.85 bits per heavy atom. The van der Waals surface area contributed by atoms with Crippen LogP contribution in [-0.2, 0) is 9.59 Å². The van der Waals surface area contributed by atoms with Gasteiger partial charge in [-0.3, -0.25) is 25.2 Å². The first-order valence-corrected chi connectivity index (χ1v) is 9.03. The standard InChI is InChI=1S/C18H15BrClN3O3/c19-13-3-1-2-11(8-13)17(25)21-22-18(26)12-9-16(24)23(10-12)15-6-4-14(20)5-7-15/h1-8,12H,9-10H2,(H,21,25)(H,22,26)/t12-/m1/s1. The van der Waals surface area contributed by atoms with E-state index in [4.69, 9.17) is 11.6 Å². The topological polar surface area (TPSA) is 78.5 Å². The summed E-state index contributed by atoms with van der Waals surface area (Å²) in [4.78, 5) is 38.1. The Hall–Kier alpha value is -2.38. The van der Waals surface area contributed by atoms with Crippen LogP contribution in [0.2, 0.25) is 5.02 Å². The minimum Gasteiger partial charge on any atom is -0.312 e. The van der Waals surface area contributed by atoms with Crippen LogP contribution in [0.25, 0.3) is 0 Å². The molecule has 2 aromatic rings. The zero-order valence-electron chi connectivity index (χ0n) is 13.5. The summed E-state index contributed by atoms with van der Waals surface area (Å²) >= 11 is 9.14. The number of carbonyl (C=O) groups is 3. The van der Waals surface area contributed by atoms with Crippen molar-refractivity contribution in [2.75, 3.05) is 11.4 Å². The fourth-order valence-electron chi connectivity index (χ4n) is 2.68. The molecule has 0 saturated carbocycles. The number of hydrazine groups is 1. The van der Waals surface area contributed by atoms with Gasteiger partial charge in [-0.1, -0.05) is 33.6 Å². The number of carbonyl (C=O) groups excluding carboxylic acids is 3. The van der Waals surface area contributed by atoms with Crippen LogP contribution in [0.5, 0.6) is 0 Å². The first-order chi connectivity index (χ1) is 12.4. The summed E-state index contributed by atoms with van der Waals surface area (Å²) in [5, 5.41) is 0.574. The maximum atomic E-state index is 12.3. The van der Waals surface area contributed by atoms with E-state index in [1.807, 2.05) is 0 Å². The second kappa shape index (κ2) is 7.88. The highest BCUT2D eigenvalue weighted by Crippen LogP contribution is 2.26. The minimum absolute atomic E-state index is 0.0845. The van der Waals surface area contributed by atoms with Crippen LogP contribution < -0.4 is 15.8 Å². The molecule has 0 aromatic heterocycles. The van der Waals surface area contributed by atoms with Crippen molar-refractivity contribution in [1.82, 2.24) is 10.9 Å². The van der Waals surface area contributed by atoms with Crippen LogP contribution in [0.3, 0.4) is 0 Å². The number of nitrogens with one attached hydrogen (secondary N) is 2. The molecule has 1 fully saturated rings. The molecule has 3 amide bonds. The van der Waals surface area contributed by atoms with Crippen molar-refractivity contribution in [3.63, 3.8) is 0 Å². The van der Waals surface area contributed by atoms with E-state index in [2.05, 4.69) is 26.8 Å². The van der Waals surface area contributed by atoms with E-state index in [9.17, 15) is 14.4 Å². The summed E-state index contributed by atoms with van der Waals surface area (Å²) in [6.07, 6.45) is 0.0845. The van der Waals surface area contributed by atoms with Crippen molar-refractivity contribution in [3.8, 4) is 0 Å². The zero-order valence-corrected chi connectivity index (χ0v) is 15.9. The molecule has 26 heavy (non-hydrogen) atoms. The molecule has 0 radical (unpaired) electrons. The van der Waals surface area contributed by atoms with Crippen molar-refractivity contribution < 1.29 is 14.4 Å². The molecule has 134 valence electrons. The highest BCUT2D eigenvalue weighted by Gasteiger charge is 2.35. The molecule has 0 spiro atoms. The highest BCUT2D eigenvalue weighted by molar-refractivity contribution is 9.10. The molecule has 1 heterocycles. The van der Waals surface area contributed by atoms with E-state index in [1.54, 1.807) is 48.5 Å². The summed E-state index contributed by atoms with van der Waals surface area (Å²) in [5.41, 5.74) is 5.86. The normalized spacial score (nSPS) is 16.5. The van der Waals surface area contributed by atoms with Crippen LogP contribution in [0.15, 0.2) is 53.0 Å². The van der Waals surface area contributed by atoms with E-state index in [-0.39, 0.29) is 18.9 Å². The van der Waals surface area contributed by atoms with E-state index in [0.717, 1.165) is 4.47 Å². The lowest BCUT2D eigenvalue weighted by atomic mass is 10.1. The predicted molar refractivity (Wildman–Crippen MR) is 102 cm³/mol. The number of nitrogens with zero attached hydrogens (tertiary/aromatic N) is 1. The Morgan fingerprint density at radius 1 is 1.12 bits per heavy atom. The molecule has 3 rings (SSSR count). The van der Waals surface area contributed by atoms with Gasteiger partial charge in [-0.2, -0.15) is 0 Å². The summed E-state index contributed by atoms with van der Waals surface area (Å²) in [6, 6.07) is 13.6. The third-order valence-electron chi connectivity index (χ3n) is 4.02. The van der Waals surface area contributed by atoms with Crippen molar-refractivity contribution in [2.24, 2.45) is 5.92 Å². The molecule has 8 heteroatoms. The maximum absolute atomic E-state index is 12.3. The van der Waals surface area contributed by atoms with Gasteiger partial charge < -0.3 is 4.90 Å². The lowest BCUT2D eigenvalue weighted by Gasteiger charge is -2.17. The average molecular weight is 437 g/mol. The van der Waals surface area contributed by atoms with Gasteiger partial charge in [0.05, 0.1) is 5.92 Å². The fourth-order valence-corrected chi connectivity index (χ4v) is 3.20. The monoisotopic (exact) mass is 435 g/mol. The van der Waals surface area contributed by atoms with Crippen molar-refractivity contribution in [3.05, 3.63) is 63.6 Å². The third kappa shape index (κ3) is 4.23. The van der Waals surface area contributed by atoms with Crippen LogP contribution in [-0.4, -0.2) is 24.3 Å². The molecular formula is C18H15BrClN3O3. The van der Waals surface area contributed by atoms with Crippen molar-refractivity contribution in [2.45, 2.75) is 6.42 Å². The number of hydrogen-bond acceptors (Lipinski definition) is 3. The van der Waals surface area contributed by atoms with E-state index < -0.39 is 17.7 Å². The molecular weight excluding hydrogens is 422 g/mol. The predicted octanol–water partition coefficient (Wildman–Crippen LogP) is 2.92. The zero-order chi connectivity index (χ0) is 18.7. The quantitative estimate of drug-likeness (QED) is 0.726. The molecule has 0 unspecified atom stereocenters. The Labute approximate surface area is 163 Å². The molecule has 1 aliphatic rings. The third-order valence-corrected chi connectivity index (χ3v) is 4.77. The largest absolute Gasteiger partial charge is 0.312 e. The van der Waals surface area contributed by atoms with E-state index >= 15 is 0 Å². The van der Waals surface area contributed by atoms with Gasteiger partial charge >= 0.3 is 0 Å². The van der Waals surface area contributed by atoms with Crippen LogP contribution in [0, 0.1) is 5.92 Å². The van der Waals surface area contributed by atoms with Gasteiger partial charge in [0, 0.05) is 33.7 Å². The molecule has 2 aromatic carbocycles. The number of halogens is 2. The Balaban J connectivity index is 1.58. The van der Waals surface area contributed by atoms with Crippen molar-refractivity contribution >= 4 is 50.9 Å². The Bertz CT molecular complexity index is 857. The van der Waals surface area contributed by atoms with E-state index in [0.29, 0.717) is 16.3 Å². The van der Waals surface area contributed by atoms with Gasteiger partial charge in [0.25, 0.3) is 5.91 Å². The summed E-state index contributed by atoms with van der Waals surface area (Å²) in [6.45, 7) is 0.249. The Morgan fingerprint density at radius 3 is 2.54 bits per heavy atom.